The number of hydrogen-bond acceptors (Lipinski definition) is 3. The Hall–Kier alpha value is -1.39. The molecule has 0 bridgehead atoms. The topological polar surface area (TPSA) is 61.9 Å². The molecule has 1 aromatic rings. The molecule has 1 N–H and O–H groups in total. The Morgan fingerprint density at radius 3 is 2.42 bits per heavy atom. The standard InChI is InChI=1S/C14H24N4O/c1-14(2,3)13-15-11(16-17-13)12(19)18(4)10-8-6-5-7-9-10/h10H,5-9H2,1-4H3,(H,15,16,17). The van der Waals surface area contributed by atoms with Crippen molar-refractivity contribution in [2.45, 2.75) is 64.3 Å². The number of amides is 1. The fraction of sp³-hybridized carbons (Fsp3) is 0.786. The number of H-pyrrole nitrogens is 1. The molecule has 1 aliphatic carbocycles. The predicted molar refractivity (Wildman–Crippen MR) is 74.0 cm³/mol. The second-order valence-corrected chi connectivity index (χ2v) is 6.47. The highest BCUT2D eigenvalue weighted by atomic mass is 16.2. The minimum absolute atomic E-state index is 0.0707. The summed E-state index contributed by atoms with van der Waals surface area (Å²) in [5.41, 5.74) is -0.116. The Morgan fingerprint density at radius 2 is 1.89 bits per heavy atom. The van der Waals surface area contributed by atoms with Crippen LogP contribution in [0.25, 0.3) is 0 Å². The molecule has 1 saturated carbocycles. The summed E-state index contributed by atoms with van der Waals surface area (Å²) in [5, 5.41) is 6.95. The Bertz CT molecular complexity index is 441. The Kier molecular flexibility index (Phi) is 3.92. The monoisotopic (exact) mass is 264 g/mol. The van der Waals surface area contributed by atoms with Crippen molar-refractivity contribution < 1.29 is 4.79 Å². The summed E-state index contributed by atoms with van der Waals surface area (Å²) < 4.78 is 0. The Labute approximate surface area is 114 Å². The molecule has 1 heterocycles. The van der Waals surface area contributed by atoms with Crippen LogP contribution in [0.4, 0.5) is 0 Å². The van der Waals surface area contributed by atoms with Crippen molar-refractivity contribution in [3.05, 3.63) is 11.6 Å². The first kappa shape index (κ1) is 14.0. The third-order valence-corrected chi connectivity index (χ3v) is 3.83. The highest BCUT2D eigenvalue weighted by Crippen LogP contribution is 2.23. The smallest absolute Gasteiger partial charge is 0.293 e. The first-order valence-electron chi connectivity index (χ1n) is 7.09. The van der Waals surface area contributed by atoms with E-state index in [0.29, 0.717) is 6.04 Å². The van der Waals surface area contributed by atoms with Gasteiger partial charge in [-0.25, -0.2) is 4.98 Å². The van der Waals surface area contributed by atoms with Crippen LogP contribution in [0, 0.1) is 0 Å². The molecule has 19 heavy (non-hydrogen) atoms. The second kappa shape index (κ2) is 5.31. The van der Waals surface area contributed by atoms with Crippen molar-refractivity contribution in [2.24, 2.45) is 0 Å². The van der Waals surface area contributed by atoms with E-state index in [9.17, 15) is 4.79 Å². The van der Waals surface area contributed by atoms with Crippen LogP contribution in [0.2, 0.25) is 0 Å². The zero-order valence-electron chi connectivity index (χ0n) is 12.4. The molecule has 0 atom stereocenters. The molecule has 106 valence electrons. The second-order valence-electron chi connectivity index (χ2n) is 6.47. The quantitative estimate of drug-likeness (QED) is 0.892. The number of nitrogens with one attached hydrogen (secondary N) is 1. The fourth-order valence-corrected chi connectivity index (χ4v) is 2.48. The van der Waals surface area contributed by atoms with Crippen LogP contribution in [-0.2, 0) is 5.41 Å². The van der Waals surface area contributed by atoms with Gasteiger partial charge in [-0.2, -0.15) is 0 Å². The number of carbonyl (C=O) groups excluding carboxylic acids is 1. The molecular formula is C14H24N4O. The molecule has 0 aliphatic heterocycles. The molecular weight excluding hydrogens is 240 g/mol. The summed E-state index contributed by atoms with van der Waals surface area (Å²) in [5.74, 6) is 0.976. The van der Waals surface area contributed by atoms with Gasteiger partial charge < -0.3 is 4.90 Å². The minimum Gasteiger partial charge on any atom is -0.336 e. The number of aromatic nitrogens is 3. The van der Waals surface area contributed by atoms with Crippen molar-refractivity contribution >= 4 is 5.91 Å². The number of carbonyl (C=O) groups is 1. The number of hydrogen-bond donors (Lipinski definition) is 1. The van der Waals surface area contributed by atoms with Gasteiger partial charge in [0, 0.05) is 18.5 Å². The lowest BCUT2D eigenvalue weighted by molar-refractivity contribution is 0.0684. The summed E-state index contributed by atoms with van der Waals surface area (Å²) in [6, 6.07) is 0.345. The van der Waals surface area contributed by atoms with Gasteiger partial charge in [0.2, 0.25) is 5.82 Å². The molecule has 1 aliphatic rings. The van der Waals surface area contributed by atoms with E-state index in [1.807, 2.05) is 32.7 Å². The van der Waals surface area contributed by atoms with Crippen LogP contribution >= 0.6 is 0 Å². The molecule has 0 unspecified atom stereocenters. The third kappa shape index (κ3) is 3.14. The predicted octanol–water partition coefficient (Wildman–Crippen LogP) is 2.51. The van der Waals surface area contributed by atoms with Crippen LogP contribution in [0.5, 0.6) is 0 Å². The first-order chi connectivity index (χ1) is 8.89. The van der Waals surface area contributed by atoms with E-state index in [4.69, 9.17) is 0 Å². The van der Waals surface area contributed by atoms with Crippen molar-refractivity contribution in [3.63, 3.8) is 0 Å². The first-order valence-corrected chi connectivity index (χ1v) is 7.09. The van der Waals surface area contributed by atoms with Crippen LogP contribution in [0.3, 0.4) is 0 Å². The average Bonchev–Trinajstić information content (AvgIpc) is 2.87. The van der Waals surface area contributed by atoms with Gasteiger partial charge in [0.05, 0.1) is 0 Å². The van der Waals surface area contributed by atoms with Crippen molar-refractivity contribution in [1.29, 1.82) is 0 Å². The fourth-order valence-electron chi connectivity index (χ4n) is 2.48. The number of aromatic amines is 1. The van der Waals surface area contributed by atoms with E-state index < -0.39 is 0 Å². The van der Waals surface area contributed by atoms with Crippen LogP contribution in [0.15, 0.2) is 0 Å². The molecule has 0 saturated heterocycles. The Balaban J connectivity index is 2.08. The van der Waals surface area contributed by atoms with Crippen molar-refractivity contribution in [3.8, 4) is 0 Å². The average molecular weight is 264 g/mol. The lowest BCUT2D eigenvalue weighted by atomic mass is 9.94. The molecule has 5 heteroatoms. The van der Waals surface area contributed by atoms with Gasteiger partial charge in [0.15, 0.2) is 0 Å². The van der Waals surface area contributed by atoms with Crippen molar-refractivity contribution in [2.75, 3.05) is 7.05 Å². The summed E-state index contributed by atoms with van der Waals surface area (Å²) in [4.78, 5) is 18.5. The third-order valence-electron chi connectivity index (χ3n) is 3.83. The highest BCUT2D eigenvalue weighted by molar-refractivity contribution is 5.90. The normalized spacial score (nSPS) is 17.5. The number of nitrogens with zero attached hydrogens (tertiary/aromatic N) is 3. The number of rotatable bonds is 2. The van der Waals surface area contributed by atoms with Crippen molar-refractivity contribution in [1.82, 2.24) is 20.1 Å². The summed E-state index contributed by atoms with van der Waals surface area (Å²) in [6.07, 6.45) is 5.90. The van der Waals surface area contributed by atoms with E-state index >= 15 is 0 Å². The van der Waals surface area contributed by atoms with E-state index in [2.05, 4.69) is 15.2 Å². The minimum atomic E-state index is -0.116. The zero-order chi connectivity index (χ0) is 14.0. The molecule has 1 amide bonds. The maximum absolute atomic E-state index is 12.4. The molecule has 0 radical (unpaired) electrons. The summed E-state index contributed by atoms with van der Waals surface area (Å²) in [6.45, 7) is 6.14. The maximum atomic E-state index is 12.4. The van der Waals surface area contributed by atoms with E-state index in [1.165, 1.54) is 19.3 Å². The van der Waals surface area contributed by atoms with E-state index in [-0.39, 0.29) is 17.1 Å². The van der Waals surface area contributed by atoms with Gasteiger partial charge in [-0.3, -0.25) is 9.89 Å². The molecule has 2 rings (SSSR count). The zero-order valence-corrected chi connectivity index (χ0v) is 12.4. The molecule has 0 aromatic carbocycles. The molecule has 1 aromatic heterocycles. The van der Waals surface area contributed by atoms with Gasteiger partial charge in [-0.15, -0.1) is 5.10 Å². The maximum Gasteiger partial charge on any atom is 0.293 e. The van der Waals surface area contributed by atoms with Crippen LogP contribution in [-0.4, -0.2) is 39.1 Å². The lowest BCUT2D eigenvalue weighted by Crippen LogP contribution is -2.38. The largest absolute Gasteiger partial charge is 0.336 e. The van der Waals surface area contributed by atoms with Gasteiger partial charge >= 0.3 is 0 Å². The van der Waals surface area contributed by atoms with Gasteiger partial charge in [-0.1, -0.05) is 40.0 Å². The summed E-state index contributed by atoms with van der Waals surface area (Å²) in [7, 11) is 1.87. The van der Waals surface area contributed by atoms with E-state index in [0.717, 1.165) is 18.7 Å². The molecule has 0 spiro atoms. The van der Waals surface area contributed by atoms with Gasteiger partial charge in [-0.05, 0) is 12.8 Å². The SMILES string of the molecule is CN(C(=O)c1n[nH]c(C(C)(C)C)n1)C1CCCCC1. The highest BCUT2D eigenvalue weighted by Gasteiger charge is 2.27. The van der Waals surface area contributed by atoms with Gasteiger partial charge in [0.25, 0.3) is 5.91 Å². The summed E-state index contributed by atoms with van der Waals surface area (Å²) >= 11 is 0. The lowest BCUT2D eigenvalue weighted by Gasteiger charge is -2.30. The van der Waals surface area contributed by atoms with Crippen LogP contribution in [0.1, 0.15) is 69.3 Å². The van der Waals surface area contributed by atoms with Crippen LogP contribution < -0.4 is 0 Å². The molecule has 5 nitrogen and oxygen atoms in total. The van der Waals surface area contributed by atoms with E-state index in [1.54, 1.807) is 0 Å². The van der Waals surface area contributed by atoms with Gasteiger partial charge in [0.1, 0.15) is 5.82 Å². The molecule has 1 fully saturated rings. The Morgan fingerprint density at radius 1 is 1.26 bits per heavy atom.